The summed E-state index contributed by atoms with van der Waals surface area (Å²) in [5.41, 5.74) is 1.61. The maximum Gasteiger partial charge on any atom is 0.163 e. The Morgan fingerprint density at radius 2 is 1.75 bits per heavy atom. The summed E-state index contributed by atoms with van der Waals surface area (Å²) in [5.74, 6) is 0.709. The van der Waals surface area contributed by atoms with Gasteiger partial charge in [-0.05, 0) is 23.8 Å². The van der Waals surface area contributed by atoms with Gasteiger partial charge in [0.1, 0.15) is 12.4 Å². The third-order valence-electron chi connectivity index (χ3n) is 3.43. The number of halogens is 3. The highest BCUT2D eigenvalue weighted by atomic mass is 35.5. The number of hydrogen-bond donors (Lipinski definition) is 1. The van der Waals surface area contributed by atoms with E-state index in [4.69, 9.17) is 32.7 Å². The first-order valence-corrected chi connectivity index (χ1v) is 8.32. The Bertz CT molecular complexity index is 708. The second-order valence-corrected chi connectivity index (χ2v) is 6.47. The number of benzene rings is 2. The molecule has 6 heteroatoms. The van der Waals surface area contributed by atoms with Crippen molar-refractivity contribution < 1.29 is 13.9 Å². The molecule has 2 aromatic rings. The van der Waals surface area contributed by atoms with Gasteiger partial charge in [0, 0.05) is 29.2 Å². The minimum atomic E-state index is -0.383. The molecule has 2 aromatic carbocycles. The van der Waals surface area contributed by atoms with Crippen LogP contribution in [-0.4, -0.2) is 13.2 Å². The summed E-state index contributed by atoms with van der Waals surface area (Å²) in [6.45, 7) is 4.95. The molecule has 0 aliphatic heterocycles. The first kappa shape index (κ1) is 18.8. The van der Waals surface area contributed by atoms with E-state index >= 15 is 0 Å². The van der Waals surface area contributed by atoms with Crippen LogP contribution in [0.4, 0.5) is 4.39 Å². The largest absolute Gasteiger partial charge is 0.493 e. The molecule has 0 saturated heterocycles. The predicted molar refractivity (Wildman–Crippen MR) is 95.7 cm³/mol. The van der Waals surface area contributed by atoms with Crippen molar-refractivity contribution in [3.05, 3.63) is 57.3 Å². The van der Waals surface area contributed by atoms with Crippen LogP contribution in [-0.2, 0) is 13.2 Å². The van der Waals surface area contributed by atoms with Crippen LogP contribution < -0.4 is 14.8 Å². The van der Waals surface area contributed by atoms with E-state index in [-0.39, 0.29) is 12.4 Å². The van der Waals surface area contributed by atoms with Crippen LogP contribution in [0.3, 0.4) is 0 Å². The molecule has 0 aliphatic rings. The third kappa shape index (κ3) is 5.00. The Balaban J connectivity index is 2.16. The lowest BCUT2D eigenvalue weighted by Crippen LogP contribution is -2.22. The van der Waals surface area contributed by atoms with Crippen LogP contribution in [0.2, 0.25) is 10.0 Å². The van der Waals surface area contributed by atoms with E-state index in [9.17, 15) is 4.39 Å². The van der Waals surface area contributed by atoms with Crippen molar-refractivity contribution in [2.75, 3.05) is 7.11 Å². The Hall–Kier alpha value is -1.49. The summed E-state index contributed by atoms with van der Waals surface area (Å²) < 4.78 is 24.2. The maximum absolute atomic E-state index is 13.1. The average Bonchev–Trinajstić information content (AvgIpc) is 2.53. The monoisotopic (exact) mass is 371 g/mol. The van der Waals surface area contributed by atoms with Crippen molar-refractivity contribution in [3.63, 3.8) is 0 Å². The minimum absolute atomic E-state index is 0.190. The fourth-order valence-electron chi connectivity index (χ4n) is 2.09. The maximum atomic E-state index is 13.1. The highest BCUT2D eigenvalue weighted by Gasteiger charge is 2.12. The van der Waals surface area contributed by atoms with E-state index < -0.39 is 0 Å². The van der Waals surface area contributed by atoms with Gasteiger partial charge in [0.15, 0.2) is 11.5 Å². The van der Waals surface area contributed by atoms with Crippen molar-refractivity contribution in [2.45, 2.75) is 33.0 Å². The standard InChI is InChI=1S/C18H20Cl2FNO2/c1-11(2)22-9-13-6-17(23-3)18(8-16(13)20)24-10-12-4-5-14(21)7-15(12)19/h4-8,11,22H,9-10H2,1-3H3. The molecule has 130 valence electrons. The topological polar surface area (TPSA) is 30.5 Å². The molecule has 0 unspecified atom stereocenters. The molecule has 0 atom stereocenters. The molecule has 0 bridgehead atoms. The van der Waals surface area contributed by atoms with Gasteiger partial charge >= 0.3 is 0 Å². The van der Waals surface area contributed by atoms with Crippen LogP contribution in [0.1, 0.15) is 25.0 Å². The van der Waals surface area contributed by atoms with Gasteiger partial charge in [0.25, 0.3) is 0 Å². The van der Waals surface area contributed by atoms with E-state index in [2.05, 4.69) is 19.2 Å². The lowest BCUT2D eigenvalue weighted by Gasteiger charge is -2.15. The number of hydrogen-bond acceptors (Lipinski definition) is 3. The molecule has 0 saturated carbocycles. The zero-order chi connectivity index (χ0) is 17.7. The zero-order valence-corrected chi connectivity index (χ0v) is 15.3. The number of nitrogens with one attached hydrogen (secondary N) is 1. The molecule has 0 aromatic heterocycles. The molecular weight excluding hydrogens is 352 g/mol. The smallest absolute Gasteiger partial charge is 0.163 e. The molecule has 0 amide bonds. The van der Waals surface area contributed by atoms with Crippen LogP contribution >= 0.6 is 23.2 Å². The van der Waals surface area contributed by atoms with E-state index in [0.717, 1.165) is 5.56 Å². The van der Waals surface area contributed by atoms with Gasteiger partial charge in [0.05, 0.1) is 12.1 Å². The second kappa shape index (κ2) is 8.56. The molecule has 0 heterocycles. The second-order valence-electron chi connectivity index (χ2n) is 5.65. The molecule has 0 fully saturated rings. The quantitative estimate of drug-likeness (QED) is 0.723. The summed E-state index contributed by atoms with van der Waals surface area (Å²) in [4.78, 5) is 0. The van der Waals surface area contributed by atoms with Crippen LogP contribution in [0, 0.1) is 5.82 Å². The summed E-state index contributed by atoms with van der Waals surface area (Å²) in [6.07, 6.45) is 0. The third-order valence-corrected chi connectivity index (χ3v) is 4.14. The summed E-state index contributed by atoms with van der Waals surface area (Å²) in [5, 5.41) is 4.21. The summed E-state index contributed by atoms with van der Waals surface area (Å²) in [7, 11) is 1.57. The first-order chi connectivity index (χ1) is 11.4. The van der Waals surface area contributed by atoms with E-state index in [1.54, 1.807) is 19.2 Å². The molecule has 24 heavy (non-hydrogen) atoms. The Labute approximate surface area is 151 Å². The van der Waals surface area contributed by atoms with Gasteiger partial charge in [-0.3, -0.25) is 0 Å². The van der Waals surface area contributed by atoms with E-state index in [0.29, 0.717) is 39.7 Å². The molecule has 3 nitrogen and oxygen atoms in total. The number of rotatable bonds is 7. The fraction of sp³-hybridized carbons (Fsp3) is 0.333. The number of methoxy groups -OCH3 is 1. The molecular formula is C18H20Cl2FNO2. The average molecular weight is 372 g/mol. The van der Waals surface area contributed by atoms with Crippen molar-refractivity contribution in [3.8, 4) is 11.5 Å². The summed E-state index contributed by atoms with van der Waals surface area (Å²) in [6, 6.07) is 8.10. The first-order valence-electron chi connectivity index (χ1n) is 7.57. The lowest BCUT2D eigenvalue weighted by molar-refractivity contribution is 0.284. The number of ether oxygens (including phenoxy) is 2. The lowest BCUT2D eigenvalue weighted by atomic mass is 10.2. The van der Waals surface area contributed by atoms with Gasteiger partial charge in [-0.1, -0.05) is 43.1 Å². The van der Waals surface area contributed by atoms with E-state index in [1.165, 1.54) is 12.1 Å². The van der Waals surface area contributed by atoms with Gasteiger partial charge in [-0.25, -0.2) is 4.39 Å². The Morgan fingerprint density at radius 1 is 1.04 bits per heavy atom. The van der Waals surface area contributed by atoms with Gasteiger partial charge in [-0.15, -0.1) is 0 Å². The fourth-order valence-corrected chi connectivity index (χ4v) is 2.54. The van der Waals surface area contributed by atoms with Gasteiger partial charge < -0.3 is 14.8 Å². The van der Waals surface area contributed by atoms with Crippen molar-refractivity contribution >= 4 is 23.2 Å². The van der Waals surface area contributed by atoms with E-state index in [1.807, 2.05) is 6.07 Å². The minimum Gasteiger partial charge on any atom is -0.493 e. The molecule has 2 rings (SSSR count). The summed E-state index contributed by atoms with van der Waals surface area (Å²) >= 11 is 12.3. The highest BCUT2D eigenvalue weighted by Crippen LogP contribution is 2.34. The molecule has 1 N–H and O–H groups in total. The van der Waals surface area contributed by atoms with Crippen molar-refractivity contribution in [1.29, 1.82) is 0 Å². The Morgan fingerprint density at radius 3 is 2.38 bits per heavy atom. The molecule has 0 radical (unpaired) electrons. The predicted octanol–water partition coefficient (Wildman–Crippen LogP) is 5.22. The van der Waals surface area contributed by atoms with Crippen LogP contribution in [0.5, 0.6) is 11.5 Å². The SMILES string of the molecule is COc1cc(CNC(C)C)c(Cl)cc1OCc1ccc(F)cc1Cl. The molecule has 0 aliphatic carbocycles. The van der Waals surface area contributed by atoms with Crippen molar-refractivity contribution in [1.82, 2.24) is 5.32 Å². The Kier molecular flexibility index (Phi) is 6.72. The van der Waals surface area contributed by atoms with Gasteiger partial charge in [0.2, 0.25) is 0 Å². The van der Waals surface area contributed by atoms with Crippen molar-refractivity contribution in [2.24, 2.45) is 0 Å². The zero-order valence-electron chi connectivity index (χ0n) is 13.8. The molecule has 0 spiro atoms. The van der Waals surface area contributed by atoms with Gasteiger partial charge in [-0.2, -0.15) is 0 Å². The van der Waals surface area contributed by atoms with Crippen LogP contribution in [0.15, 0.2) is 30.3 Å². The van der Waals surface area contributed by atoms with Crippen LogP contribution in [0.25, 0.3) is 0 Å². The highest BCUT2D eigenvalue weighted by molar-refractivity contribution is 6.31. The normalized spacial score (nSPS) is 11.0.